The molecule has 0 aromatic heterocycles. The van der Waals surface area contributed by atoms with E-state index in [1.807, 2.05) is 0 Å². The van der Waals surface area contributed by atoms with Crippen molar-refractivity contribution in [2.45, 2.75) is 12.8 Å². The Morgan fingerprint density at radius 1 is 0.792 bits per heavy atom. The van der Waals surface area contributed by atoms with Gasteiger partial charge in [-0.25, -0.2) is 26.3 Å². The fourth-order valence-corrected chi connectivity index (χ4v) is 2.67. The van der Waals surface area contributed by atoms with Gasteiger partial charge in [0, 0.05) is 6.42 Å². The number of hydrogen-bond acceptors (Lipinski definition) is 1. The van der Waals surface area contributed by atoms with Gasteiger partial charge in [-0.05, 0) is 17.5 Å². The molecular formula is C17H8F6O. The number of rotatable bonds is 1. The van der Waals surface area contributed by atoms with Crippen molar-refractivity contribution in [3.8, 4) is 0 Å². The standard InChI is InChI=1S/C17H8F6O/c18-12(11-13(19)15(21)17(23)16(22)14(11)20)10-8-4-2-1-3-7(8)5-6-9(10)24/h1-4H,5-6H2/b12-10+. The summed E-state index contributed by atoms with van der Waals surface area (Å²) in [7, 11) is 0. The Morgan fingerprint density at radius 3 is 1.96 bits per heavy atom. The van der Waals surface area contributed by atoms with E-state index in [2.05, 4.69) is 0 Å². The van der Waals surface area contributed by atoms with Crippen molar-refractivity contribution in [3.05, 3.63) is 70.0 Å². The van der Waals surface area contributed by atoms with Crippen LogP contribution in [-0.4, -0.2) is 5.78 Å². The summed E-state index contributed by atoms with van der Waals surface area (Å²) in [5.41, 5.74) is -1.78. The average Bonchev–Trinajstić information content (AvgIpc) is 2.58. The number of hydrogen-bond donors (Lipinski definition) is 0. The molecule has 7 heteroatoms. The van der Waals surface area contributed by atoms with Gasteiger partial charge in [0.25, 0.3) is 0 Å². The van der Waals surface area contributed by atoms with Gasteiger partial charge in [-0.3, -0.25) is 4.79 Å². The zero-order valence-corrected chi connectivity index (χ0v) is 11.9. The van der Waals surface area contributed by atoms with E-state index < -0.39 is 51.8 Å². The molecule has 0 heterocycles. The highest BCUT2D eigenvalue weighted by molar-refractivity contribution is 6.28. The highest BCUT2D eigenvalue weighted by Gasteiger charge is 2.33. The van der Waals surface area contributed by atoms with E-state index in [4.69, 9.17) is 0 Å². The number of allylic oxidation sites excluding steroid dienone is 1. The maximum Gasteiger partial charge on any atom is 0.200 e. The minimum absolute atomic E-state index is 0.0789. The molecule has 1 aliphatic rings. The molecule has 124 valence electrons. The second-order valence-electron chi connectivity index (χ2n) is 5.21. The molecule has 0 saturated carbocycles. The van der Waals surface area contributed by atoms with Crippen LogP contribution in [0.15, 0.2) is 24.3 Å². The summed E-state index contributed by atoms with van der Waals surface area (Å²) < 4.78 is 82.0. The highest BCUT2D eigenvalue weighted by atomic mass is 19.2. The molecule has 1 nitrogen and oxygen atoms in total. The molecule has 0 spiro atoms. The van der Waals surface area contributed by atoms with Gasteiger partial charge in [0.2, 0.25) is 5.82 Å². The molecule has 0 aliphatic heterocycles. The molecule has 2 aromatic carbocycles. The summed E-state index contributed by atoms with van der Waals surface area (Å²) in [6.07, 6.45) is 0.165. The van der Waals surface area contributed by atoms with Gasteiger partial charge in [0.15, 0.2) is 29.1 Å². The average molecular weight is 342 g/mol. The molecule has 0 N–H and O–H groups in total. The Morgan fingerprint density at radius 2 is 1.33 bits per heavy atom. The van der Waals surface area contributed by atoms with E-state index >= 15 is 0 Å². The van der Waals surface area contributed by atoms with E-state index in [0.717, 1.165) is 0 Å². The molecule has 3 rings (SSSR count). The Hall–Kier alpha value is -2.57. The van der Waals surface area contributed by atoms with Gasteiger partial charge in [-0.2, -0.15) is 0 Å². The molecule has 0 unspecified atom stereocenters. The molecule has 1 aliphatic carbocycles. The van der Waals surface area contributed by atoms with Crippen LogP contribution in [0.1, 0.15) is 23.1 Å². The van der Waals surface area contributed by atoms with Crippen LogP contribution in [-0.2, 0) is 11.2 Å². The number of aryl methyl sites for hydroxylation is 1. The first kappa shape index (κ1) is 16.3. The molecular weight excluding hydrogens is 334 g/mol. The molecule has 2 aromatic rings. The lowest BCUT2D eigenvalue weighted by atomic mass is 9.85. The van der Waals surface area contributed by atoms with Crippen LogP contribution < -0.4 is 0 Å². The summed E-state index contributed by atoms with van der Waals surface area (Å²) in [5.74, 6) is -14.1. The summed E-state index contributed by atoms with van der Waals surface area (Å²) in [4.78, 5) is 12.0. The first-order valence-corrected chi connectivity index (χ1v) is 6.87. The van der Waals surface area contributed by atoms with Crippen LogP contribution in [0.2, 0.25) is 0 Å². The van der Waals surface area contributed by atoms with Gasteiger partial charge in [-0.15, -0.1) is 0 Å². The van der Waals surface area contributed by atoms with Crippen molar-refractivity contribution in [3.63, 3.8) is 0 Å². The zero-order chi connectivity index (χ0) is 17.6. The molecule has 24 heavy (non-hydrogen) atoms. The number of carbonyl (C=O) groups excluding carboxylic acids is 1. The summed E-state index contributed by atoms with van der Waals surface area (Å²) in [6, 6.07) is 6.05. The van der Waals surface area contributed by atoms with Crippen molar-refractivity contribution in [1.82, 2.24) is 0 Å². The highest BCUT2D eigenvalue weighted by Crippen LogP contribution is 2.38. The molecule has 0 atom stereocenters. The number of benzene rings is 2. The van der Waals surface area contributed by atoms with Crippen LogP contribution in [0.25, 0.3) is 11.4 Å². The topological polar surface area (TPSA) is 17.1 Å². The van der Waals surface area contributed by atoms with E-state index in [9.17, 15) is 31.1 Å². The molecule has 0 bridgehead atoms. The zero-order valence-electron chi connectivity index (χ0n) is 11.9. The fraction of sp³-hybridized carbons (Fsp3) is 0.118. The van der Waals surface area contributed by atoms with Gasteiger partial charge in [0.05, 0.1) is 11.1 Å². The van der Waals surface area contributed by atoms with Crippen LogP contribution >= 0.6 is 0 Å². The van der Waals surface area contributed by atoms with E-state index in [0.29, 0.717) is 12.0 Å². The number of carbonyl (C=O) groups is 1. The normalized spacial score (nSPS) is 16.2. The Bertz CT molecular complexity index is 871. The van der Waals surface area contributed by atoms with Crippen molar-refractivity contribution in [1.29, 1.82) is 0 Å². The van der Waals surface area contributed by atoms with E-state index in [1.165, 1.54) is 12.1 Å². The van der Waals surface area contributed by atoms with Crippen LogP contribution in [0.4, 0.5) is 26.3 Å². The molecule has 0 fully saturated rings. The van der Waals surface area contributed by atoms with E-state index in [1.54, 1.807) is 12.1 Å². The minimum atomic E-state index is -2.39. The summed E-state index contributed by atoms with van der Waals surface area (Å²) >= 11 is 0. The second-order valence-corrected chi connectivity index (χ2v) is 5.21. The maximum absolute atomic E-state index is 14.7. The number of fused-ring (bicyclic) bond motifs is 1. The predicted octanol–water partition coefficient (Wildman–Crippen LogP) is 4.74. The van der Waals surface area contributed by atoms with Gasteiger partial charge < -0.3 is 0 Å². The lowest BCUT2D eigenvalue weighted by molar-refractivity contribution is -0.113. The maximum atomic E-state index is 14.7. The Balaban J connectivity index is 2.36. The van der Waals surface area contributed by atoms with Gasteiger partial charge in [0.1, 0.15) is 5.83 Å². The van der Waals surface area contributed by atoms with Crippen molar-refractivity contribution < 1.29 is 31.1 Å². The number of Topliss-reactive ketones (excluding diaryl/α,β-unsaturated/α-hetero) is 1. The number of ketones is 1. The molecule has 0 saturated heterocycles. The largest absolute Gasteiger partial charge is 0.294 e. The molecule has 0 amide bonds. The number of halogens is 6. The fourth-order valence-electron chi connectivity index (χ4n) is 2.67. The van der Waals surface area contributed by atoms with Crippen molar-refractivity contribution in [2.24, 2.45) is 0 Å². The lowest BCUT2D eigenvalue weighted by Crippen LogP contribution is -2.15. The lowest BCUT2D eigenvalue weighted by Gasteiger charge is -2.19. The third-order valence-corrected chi connectivity index (χ3v) is 3.84. The van der Waals surface area contributed by atoms with Crippen LogP contribution in [0, 0.1) is 29.1 Å². The second kappa shape index (κ2) is 5.81. The third kappa shape index (κ3) is 2.31. The Labute approximate surface area is 132 Å². The minimum Gasteiger partial charge on any atom is -0.294 e. The first-order chi connectivity index (χ1) is 11.3. The van der Waals surface area contributed by atoms with Gasteiger partial charge >= 0.3 is 0 Å². The van der Waals surface area contributed by atoms with Crippen molar-refractivity contribution >= 4 is 17.2 Å². The first-order valence-electron chi connectivity index (χ1n) is 6.87. The quantitative estimate of drug-likeness (QED) is 0.317. The monoisotopic (exact) mass is 342 g/mol. The SMILES string of the molecule is O=C1CCc2ccccc2/C1=C(\F)c1c(F)c(F)c(F)c(F)c1F. The third-order valence-electron chi connectivity index (χ3n) is 3.84. The van der Waals surface area contributed by atoms with E-state index in [-0.39, 0.29) is 12.0 Å². The Kier molecular flexibility index (Phi) is 3.95. The summed E-state index contributed by atoms with van der Waals surface area (Å²) in [6.45, 7) is 0. The van der Waals surface area contributed by atoms with Crippen molar-refractivity contribution in [2.75, 3.05) is 0 Å². The summed E-state index contributed by atoms with van der Waals surface area (Å²) in [5, 5.41) is 0. The van der Waals surface area contributed by atoms with Crippen LogP contribution in [0.3, 0.4) is 0 Å². The predicted molar refractivity (Wildman–Crippen MR) is 73.9 cm³/mol. The smallest absolute Gasteiger partial charge is 0.200 e. The molecule has 0 radical (unpaired) electrons. The van der Waals surface area contributed by atoms with Gasteiger partial charge in [-0.1, -0.05) is 24.3 Å². The van der Waals surface area contributed by atoms with Crippen LogP contribution in [0.5, 0.6) is 0 Å².